The molecule has 0 radical (unpaired) electrons. The summed E-state index contributed by atoms with van der Waals surface area (Å²) in [5.41, 5.74) is 2.20. The topological polar surface area (TPSA) is 71.5 Å². The van der Waals surface area contributed by atoms with Crippen LogP contribution in [-0.4, -0.2) is 35.3 Å². The average molecular weight is 346 g/mol. The molecule has 2 aromatic rings. The maximum absolute atomic E-state index is 11.9. The molecule has 0 fully saturated rings. The number of carbonyl (C=O) groups is 1. The Bertz CT molecular complexity index is 693. The fourth-order valence-electron chi connectivity index (χ4n) is 2.72. The smallest absolute Gasteiger partial charge is 0.252 e. The fraction of sp³-hybridized carbons (Fsp3) is 0.444. The minimum Gasteiger partial charge on any atom is -0.490 e. The molecule has 1 amide bonds. The van der Waals surface area contributed by atoms with Crippen molar-refractivity contribution >= 4 is 17.2 Å². The number of hydrogen-bond donors (Lipinski definition) is 2. The standard InChI is InChI=1S/C18H22N2O3S/c1-12-5-2-3-7-15(12)23-11-14(21)18(22)19-10-9-17-20-13-6-4-8-16(13)24-17/h2-3,5,7,14,21H,4,6,8-11H2,1H3,(H,19,22). The van der Waals surface area contributed by atoms with E-state index in [4.69, 9.17) is 4.74 Å². The van der Waals surface area contributed by atoms with Crippen LogP contribution in [0.5, 0.6) is 5.75 Å². The molecule has 1 aromatic carbocycles. The summed E-state index contributed by atoms with van der Waals surface area (Å²) in [4.78, 5) is 17.9. The minimum atomic E-state index is -1.18. The zero-order valence-corrected chi connectivity index (χ0v) is 14.6. The normalized spacial score (nSPS) is 14.2. The lowest BCUT2D eigenvalue weighted by molar-refractivity contribution is -0.130. The summed E-state index contributed by atoms with van der Waals surface area (Å²) in [7, 11) is 0. The third-order valence-corrected chi connectivity index (χ3v) is 5.29. The second kappa shape index (κ2) is 7.77. The van der Waals surface area contributed by atoms with Crippen LogP contribution < -0.4 is 10.1 Å². The van der Waals surface area contributed by atoms with Gasteiger partial charge in [0.05, 0.1) is 10.7 Å². The van der Waals surface area contributed by atoms with Crippen molar-refractivity contribution in [2.24, 2.45) is 0 Å². The summed E-state index contributed by atoms with van der Waals surface area (Å²) in [6, 6.07) is 7.52. The number of aliphatic hydroxyl groups is 1. The van der Waals surface area contributed by atoms with Gasteiger partial charge in [-0.3, -0.25) is 4.79 Å². The molecule has 0 aliphatic heterocycles. The summed E-state index contributed by atoms with van der Waals surface area (Å²) in [6.45, 7) is 2.35. The van der Waals surface area contributed by atoms with Crippen molar-refractivity contribution in [1.82, 2.24) is 10.3 Å². The molecule has 1 unspecified atom stereocenters. The number of carbonyl (C=O) groups excluding carboxylic acids is 1. The molecule has 5 nitrogen and oxygen atoms in total. The van der Waals surface area contributed by atoms with Gasteiger partial charge in [0.1, 0.15) is 12.4 Å². The number of aryl methyl sites for hydroxylation is 3. The fourth-order valence-corrected chi connectivity index (χ4v) is 3.88. The van der Waals surface area contributed by atoms with Gasteiger partial charge in [-0.15, -0.1) is 11.3 Å². The first-order chi connectivity index (χ1) is 11.6. The Morgan fingerprint density at radius 2 is 2.25 bits per heavy atom. The van der Waals surface area contributed by atoms with Gasteiger partial charge in [-0.1, -0.05) is 18.2 Å². The van der Waals surface area contributed by atoms with Crippen LogP contribution in [0, 0.1) is 6.92 Å². The molecule has 1 atom stereocenters. The third kappa shape index (κ3) is 4.13. The molecule has 0 saturated heterocycles. The van der Waals surface area contributed by atoms with Gasteiger partial charge < -0.3 is 15.2 Å². The van der Waals surface area contributed by atoms with Crippen LogP contribution in [0.2, 0.25) is 0 Å². The van der Waals surface area contributed by atoms with Crippen molar-refractivity contribution in [3.05, 3.63) is 45.4 Å². The predicted molar refractivity (Wildman–Crippen MR) is 93.5 cm³/mol. The predicted octanol–water partition coefficient (Wildman–Crippen LogP) is 2.04. The van der Waals surface area contributed by atoms with Gasteiger partial charge in [0, 0.05) is 17.8 Å². The van der Waals surface area contributed by atoms with Crippen LogP contribution in [0.3, 0.4) is 0 Å². The Hall–Kier alpha value is -1.92. The van der Waals surface area contributed by atoms with Gasteiger partial charge in [-0.25, -0.2) is 4.98 Å². The number of hydrogen-bond acceptors (Lipinski definition) is 5. The van der Waals surface area contributed by atoms with Gasteiger partial charge in [0.15, 0.2) is 6.10 Å². The van der Waals surface area contributed by atoms with E-state index in [1.807, 2.05) is 31.2 Å². The van der Waals surface area contributed by atoms with Crippen molar-refractivity contribution in [3.63, 3.8) is 0 Å². The van der Waals surface area contributed by atoms with E-state index in [1.54, 1.807) is 11.3 Å². The quantitative estimate of drug-likeness (QED) is 0.805. The Kier molecular flexibility index (Phi) is 5.48. The highest BCUT2D eigenvalue weighted by molar-refractivity contribution is 7.11. The maximum Gasteiger partial charge on any atom is 0.252 e. The van der Waals surface area contributed by atoms with Gasteiger partial charge in [-0.2, -0.15) is 0 Å². The van der Waals surface area contributed by atoms with Gasteiger partial charge in [-0.05, 0) is 37.8 Å². The Balaban J connectivity index is 1.40. The van der Waals surface area contributed by atoms with E-state index in [-0.39, 0.29) is 6.61 Å². The van der Waals surface area contributed by atoms with Crippen LogP contribution in [0.4, 0.5) is 0 Å². The second-order valence-electron chi connectivity index (χ2n) is 5.96. The van der Waals surface area contributed by atoms with Crippen molar-refractivity contribution in [1.29, 1.82) is 0 Å². The summed E-state index contributed by atoms with van der Waals surface area (Å²) >= 11 is 1.74. The summed E-state index contributed by atoms with van der Waals surface area (Å²) < 4.78 is 5.50. The lowest BCUT2D eigenvalue weighted by Crippen LogP contribution is -2.39. The highest BCUT2D eigenvalue weighted by atomic mass is 32.1. The van der Waals surface area contributed by atoms with Crippen LogP contribution in [0.1, 0.15) is 27.6 Å². The Labute approximate surface area is 145 Å². The Morgan fingerprint density at radius 1 is 1.42 bits per heavy atom. The first-order valence-electron chi connectivity index (χ1n) is 8.25. The van der Waals surface area contributed by atoms with E-state index in [0.717, 1.165) is 23.4 Å². The van der Waals surface area contributed by atoms with Crippen molar-refractivity contribution in [2.75, 3.05) is 13.2 Å². The van der Waals surface area contributed by atoms with Gasteiger partial charge in [0.25, 0.3) is 5.91 Å². The average Bonchev–Trinajstić information content (AvgIpc) is 3.15. The first kappa shape index (κ1) is 16.9. The number of rotatable bonds is 7. The number of thiazole rings is 1. The monoisotopic (exact) mass is 346 g/mol. The van der Waals surface area contributed by atoms with Gasteiger partial charge >= 0.3 is 0 Å². The molecule has 1 aromatic heterocycles. The molecular weight excluding hydrogens is 324 g/mol. The van der Waals surface area contributed by atoms with Crippen LogP contribution in [0.25, 0.3) is 0 Å². The summed E-state index contributed by atoms with van der Waals surface area (Å²) in [5.74, 6) is 0.273. The number of fused-ring (bicyclic) bond motifs is 1. The molecule has 6 heteroatoms. The number of nitrogens with zero attached hydrogens (tertiary/aromatic N) is 1. The molecular formula is C18H22N2O3S. The summed E-state index contributed by atoms with van der Waals surface area (Å²) in [5, 5.41) is 13.7. The third-order valence-electron chi connectivity index (χ3n) is 4.07. The molecule has 1 aliphatic rings. The Morgan fingerprint density at radius 3 is 3.04 bits per heavy atom. The molecule has 128 valence electrons. The molecule has 1 aliphatic carbocycles. The zero-order chi connectivity index (χ0) is 16.9. The molecule has 24 heavy (non-hydrogen) atoms. The summed E-state index contributed by atoms with van der Waals surface area (Å²) in [6.07, 6.45) is 2.94. The lowest BCUT2D eigenvalue weighted by atomic mass is 10.2. The highest BCUT2D eigenvalue weighted by Crippen LogP contribution is 2.27. The van der Waals surface area contributed by atoms with Crippen molar-refractivity contribution in [2.45, 2.75) is 38.7 Å². The van der Waals surface area contributed by atoms with Crippen LogP contribution in [0.15, 0.2) is 24.3 Å². The second-order valence-corrected chi connectivity index (χ2v) is 7.13. The zero-order valence-electron chi connectivity index (χ0n) is 13.7. The molecule has 2 N–H and O–H groups in total. The molecule has 0 saturated carbocycles. The first-order valence-corrected chi connectivity index (χ1v) is 9.07. The SMILES string of the molecule is Cc1ccccc1OCC(O)C(=O)NCCc1nc2c(s1)CCC2. The van der Waals surface area contributed by atoms with E-state index < -0.39 is 12.0 Å². The number of aliphatic hydroxyl groups excluding tert-OH is 1. The highest BCUT2D eigenvalue weighted by Gasteiger charge is 2.18. The molecule has 1 heterocycles. The number of amides is 1. The van der Waals surface area contributed by atoms with Crippen LogP contribution in [-0.2, 0) is 24.1 Å². The lowest BCUT2D eigenvalue weighted by Gasteiger charge is -2.13. The van der Waals surface area contributed by atoms with Crippen molar-refractivity contribution in [3.8, 4) is 5.75 Å². The maximum atomic E-state index is 11.9. The van der Waals surface area contributed by atoms with E-state index in [0.29, 0.717) is 18.7 Å². The number of nitrogens with one attached hydrogen (secondary N) is 1. The number of para-hydroxylation sites is 1. The molecule has 0 spiro atoms. The minimum absolute atomic E-state index is 0.0533. The largest absolute Gasteiger partial charge is 0.490 e. The molecule has 3 rings (SSSR count). The van der Waals surface area contributed by atoms with E-state index >= 15 is 0 Å². The van der Waals surface area contributed by atoms with Crippen molar-refractivity contribution < 1.29 is 14.6 Å². The van der Waals surface area contributed by atoms with E-state index in [9.17, 15) is 9.90 Å². The van der Waals surface area contributed by atoms with Gasteiger partial charge in [0.2, 0.25) is 0 Å². The van der Waals surface area contributed by atoms with E-state index in [1.165, 1.54) is 17.0 Å². The number of benzene rings is 1. The number of ether oxygens (including phenoxy) is 1. The van der Waals surface area contributed by atoms with E-state index in [2.05, 4.69) is 10.3 Å². The van der Waals surface area contributed by atoms with Crippen LogP contribution >= 0.6 is 11.3 Å². The molecule has 0 bridgehead atoms. The number of aromatic nitrogens is 1.